The van der Waals surface area contributed by atoms with Gasteiger partial charge in [0.2, 0.25) is 0 Å². The lowest BCUT2D eigenvalue weighted by molar-refractivity contribution is -0.114. The second-order valence-corrected chi connectivity index (χ2v) is 7.54. The van der Waals surface area contributed by atoms with E-state index in [1.165, 1.54) is 26.3 Å². The van der Waals surface area contributed by atoms with Crippen molar-refractivity contribution >= 4 is 40.6 Å². The normalized spacial score (nSPS) is 12.5. The van der Waals surface area contributed by atoms with Crippen molar-refractivity contribution < 1.29 is 18.8 Å². The maximum atomic E-state index is 13.1. The number of halogens is 1. The molecule has 0 aliphatic carbocycles. The summed E-state index contributed by atoms with van der Waals surface area (Å²) in [5.74, 6) is -0.694. The molecule has 0 atom stereocenters. The van der Waals surface area contributed by atoms with Gasteiger partial charge in [-0.15, -0.1) is 0 Å². The minimum absolute atomic E-state index is 0.0279. The Labute approximate surface area is 198 Å². The Morgan fingerprint density at radius 2 is 1.94 bits per heavy atom. The van der Waals surface area contributed by atoms with Gasteiger partial charge in [0.25, 0.3) is 5.91 Å². The van der Waals surface area contributed by atoms with Crippen molar-refractivity contribution in [1.29, 1.82) is 5.41 Å². The molecule has 0 radical (unpaired) electrons. The van der Waals surface area contributed by atoms with E-state index in [4.69, 9.17) is 15.0 Å². The first-order valence-corrected chi connectivity index (χ1v) is 10.6. The number of allylic oxidation sites excluding steroid dienone is 1. The van der Waals surface area contributed by atoms with E-state index in [9.17, 15) is 9.18 Å². The van der Waals surface area contributed by atoms with E-state index < -0.39 is 0 Å². The topological polar surface area (TPSA) is 96.1 Å². The quantitative estimate of drug-likeness (QED) is 0.241. The first-order chi connectivity index (χ1) is 15.8. The fraction of sp³-hybridized carbons (Fsp3) is 0.250. The molecule has 2 aromatic rings. The van der Waals surface area contributed by atoms with Crippen LogP contribution in [0.2, 0.25) is 0 Å². The van der Waals surface area contributed by atoms with Crippen molar-refractivity contribution in [3.8, 4) is 0 Å². The Morgan fingerprint density at radius 1 is 1.24 bits per heavy atom. The Morgan fingerprint density at radius 3 is 2.58 bits per heavy atom. The van der Waals surface area contributed by atoms with Crippen LogP contribution in [0.1, 0.15) is 29.2 Å². The van der Waals surface area contributed by atoms with Crippen LogP contribution >= 0.6 is 0 Å². The summed E-state index contributed by atoms with van der Waals surface area (Å²) in [5.41, 5.74) is 3.90. The number of carbonyl (C=O) groups excluding carboxylic acids is 1. The lowest BCUT2D eigenvalue weighted by Crippen LogP contribution is -2.29. The van der Waals surface area contributed by atoms with Crippen LogP contribution in [0.15, 0.2) is 58.7 Å². The van der Waals surface area contributed by atoms with Gasteiger partial charge < -0.3 is 14.9 Å². The molecule has 0 unspecified atom stereocenters. The van der Waals surface area contributed by atoms with E-state index in [0.29, 0.717) is 16.2 Å². The number of rotatable bonds is 10. The summed E-state index contributed by atoms with van der Waals surface area (Å²) in [6.45, 7) is 3.85. The smallest absolute Gasteiger partial charge is 0.273 e. The molecule has 2 N–H and O–H groups in total. The number of aryl methyl sites for hydroxylation is 1. The minimum Gasteiger partial charge on any atom is -0.398 e. The number of nitrogens with one attached hydrogen (secondary N) is 2. The molecule has 0 aromatic heterocycles. The number of hydrogen-bond acceptors (Lipinski definition) is 6. The van der Waals surface area contributed by atoms with Gasteiger partial charge in [-0.05, 0) is 61.9 Å². The molecule has 0 spiro atoms. The number of nitrogens with zero attached hydrogens (tertiary/aromatic N) is 2. The first kappa shape index (κ1) is 26.0. The molecule has 174 valence electrons. The third-order valence-corrected chi connectivity index (χ3v) is 5.20. The lowest BCUT2D eigenvalue weighted by Gasteiger charge is -2.13. The van der Waals surface area contributed by atoms with Crippen molar-refractivity contribution in [2.45, 2.75) is 20.5 Å². The van der Waals surface area contributed by atoms with Crippen LogP contribution in [0, 0.1) is 18.2 Å². The van der Waals surface area contributed by atoms with Crippen LogP contribution in [0.25, 0.3) is 4.91 Å². The van der Waals surface area contributed by atoms with Gasteiger partial charge in [0.15, 0.2) is 10.6 Å². The molecule has 33 heavy (non-hydrogen) atoms. The highest BCUT2D eigenvalue weighted by Crippen LogP contribution is 2.18. The van der Waals surface area contributed by atoms with Gasteiger partial charge in [0.05, 0.1) is 18.0 Å². The molecule has 2 aromatic carbocycles. The molecule has 0 saturated carbocycles. The van der Waals surface area contributed by atoms with E-state index in [1.807, 2.05) is 19.1 Å². The molecule has 0 heterocycles. The summed E-state index contributed by atoms with van der Waals surface area (Å²) in [5, 5.41) is 14.6. The van der Waals surface area contributed by atoms with Crippen LogP contribution in [-0.4, -0.2) is 43.9 Å². The van der Waals surface area contributed by atoms with Crippen molar-refractivity contribution in [2.75, 3.05) is 20.9 Å². The molecule has 0 bridgehead atoms. The molecule has 0 saturated heterocycles. The summed E-state index contributed by atoms with van der Waals surface area (Å²) in [6, 6.07) is 11.5. The Balaban J connectivity index is 2.08. The maximum Gasteiger partial charge on any atom is 0.273 e. The molecule has 0 aliphatic rings. The van der Waals surface area contributed by atoms with Gasteiger partial charge in [-0.1, -0.05) is 23.4 Å². The third kappa shape index (κ3) is 7.37. The minimum atomic E-state index is -0.371. The first-order valence-electron chi connectivity index (χ1n) is 10.1. The second-order valence-electron chi connectivity index (χ2n) is 7.00. The molecule has 7 nitrogen and oxygen atoms in total. The Bertz CT molecular complexity index is 1100. The van der Waals surface area contributed by atoms with Gasteiger partial charge in [-0.3, -0.25) is 15.2 Å². The number of hydrogen-bond donors (Lipinski definition) is 2. The number of ether oxygens (including phenoxy) is 1. The molecule has 2 rings (SSSR count). The van der Waals surface area contributed by atoms with Gasteiger partial charge in [-0.25, -0.2) is 4.39 Å². The second kappa shape index (κ2) is 12.7. The van der Waals surface area contributed by atoms with Gasteiger partial charge in [-0.2, -0.15) is 0 Å². The van der Waals surface area contributed by atoms with Crippen LogP contribution in [-0.2, 0) is 33.6 Å². The Kier molecular flexibility index (Phi) is 9.96. The van der Waals surface area contributed by atoms with Crippen LogP contribution in [0.4, 0.5) is 4.39 Å². The number of likely N-dealkylation sites (N-methyl/N-ethyl adjacent to an activating group) is 1. The predicted molar refractivity (Wildman–Crippen MR) is 134 cm³/mol. The highest BCUT2D eigenvalue weighted by molar-refractivity contribution is 7.70. The summed E-state index contributed by atoms with van der Waals surface area (Å²) < 4.78 is 18.8. The zero-order valence-corrected chi connectivity index (χ0v) is 20.0. The fourth-order valence-electron chi connectivity index (χ4n) is 2.88. The van der Waals surface area contributed by atoms with Crippen LogP contribution in [0.3, 0.4) is 0 Å². The zero-order valence-electron chi connectivity index (χ0n) is 19.0. The van der Waals surface area contributed by atoms with E-state index in [2.05, 4.69) is 28.1 Å². The van der Waals surface area contributed by atoms with E-state index in [1.54, 1.807) is 31.2 Å². The number of benzene rings is 2. The number of oxime groups is 1. The van der Waals surface area contributed by atoms with E-state index in [-0.39, 0.29) is 36.5 Å². The highest BCUT2D eigenvalue weighted by atomic mass is 32.1. The Hall–Kier alpha value is -3.30. The van der Waals surface area contributed by atoms with Crippen LogP contribution < -0.4 is 5.32 Å². The van der Waals surface area contributed by atoms with E-state index >= 15 is 0 Å². The molecule has 0 aliphatic heterocycles. The van der Waals surface area contributed by atoms with Crippen LogP contribution in [0.5, 0.6) is 0 Å². The van der Waals surface area contributed by atoms with Gasteiger partial charge in [0.1, 0.15) is 19.7 Å². The van der Waals surface area contributed by atoms with Gasteiger partial charge >= 0.3 is 0 Å². The number of amides is 1. The van der Waals surface area contributed by atoms with Crippen molar-refractivity contribution in [2.24, 2.45) is 10.1 Å². The highest BCUT2D eigenvalue weighted by Gasteiger charge is 2.18. The van der Waals surface area contributed by atoms with Gasteiger partial charge in [0, 0.05) is 24.3 Å². The number of aliphatic imine (C=N–C) groups is 1. The molecule has 0 fully saturated rings. The SMILES string of the molecule is CNC(=O)/C(=N/OC)c1cccc(C)c1COC/N=C(\C)C(=N)/C=C(\[SH2+])c1ccc(F)cc1. The standard InChI is InChI=1S/C24H27FN4O3S/c1-15-6-5-7-19(23(29-31-4)24(30)27-3)20(15)13-32-14-28-16(2)21(26)12-22(33)17-8-10-18(25)11-9-17/h5-12,26,33H,13-14H2,1-4H3,(H,27,30)/p+1/b22-12-,26-21?,28-16+,29-23+. The summed E-state index contributed by atoms with van der Waals surface area (Å²) in [4.78, 5) is 22.0. The van der Waals surface area contributed by atoms with Crippen molar-refractivity contribution in [1.82, 2.24) is 5.32 Å². The van der Waals surface area contributed by atoms with Crippen molar-refractivity contribution in [3.63, 3.8) is 0 Å². The van der Waals surface area contributed by atoms with Crippen molar-refractivity contribution in [3.05, 3.63) is 76.6 Å². The maximum absolute atomic E-state index is 13.1. The lowest BCUT2D eigenvalue weighted by atomic mass is 9.98. The molecular formula is C24H28FN4O3S+. The average Bonchev–Trinajstić information content (AvgIpc) is 2.80. The fourth-order valence-corrected chi connectivity index (χ4v) is 3.19. The molecule has 1 amide bonds. The largest absolute Gasteiger partial charge is 0.398 e. The van der Waals surface area contributed by atoms with E-state index in [0.717, 1.165) is 16.7 Å². The molecule has 9 heteroatoms. The molecular weight excluding hydrogens is 443 g/mol. The predicted octanol–water partition coefficient (Wildman–Crippen LogP) is 3.24. The summed E-state index contributed by atoms with van der Waals surface area (Å²) in [6.07, 6.45) is 1.60. The summed E-state index contributed by atoms with van der Waals surface area (Å²) in [7, 11) is 2.90. The monoisotopic (exact) mass is 471 g/mol. The number of carbonyl (C=O) groups is 1. The zero-order chi connectivity index (χ0) is 24.4. The summed E-state index contributed by atoms with van der Waals surface area (Å²) >= 11 is 3.47. The average molecular weight is 472 g/mol. The third-order valence-electron chi connectivity index (χ3n) is 4.76.